The quantitative estimate of drug-likeness (QED) is 0.492. The van der Waals surface area contributed by atoms with E-state index in [0.717, 1.165) is 31.5 Å². The van der Waals surface area contributed by atoms with Crippen molar-refractivity contribution in [3.05, 3.63) is 24.4 Å². The Morgan fingerprint density at radius 3 is 2.44 bits per heavy atom. The number of rotatable bonds is 9. The van der Waals surface area contributed by atoms with E-state index in [4.69, 9.17) is 0 Å². The van der Waals surface area contributed by atoms with Gasteiger partial charge in [-0.05, 0) is 25.0 Å². The van der Waals surface area contributed by atoms with Crippen LogP contribution in [0.3, 0.4) is 0 Å². The van der Waals surface area contributed by atoms with Gasteiger partial charge in [-0.15, -0.1) is 0 Å². The lowest BCUT2D eigenvalue weighted by Gasteiger charge is -2.34. The molecule has 1 aromatic heterocycles. The van der Waals surface area contributed by atoms with E-state index >= 15 is 0 Å². The number of anilines is 1. The van der Waals surface area contributed by atoms with Crippen molar-refractivity contribution in [3.8, 4) is 0 Å². The van der Waals surface area contributed by atoms with Crippen LogP contribution in [0.4, 0.5) is 10.6 Å². The van der Waals surface area contributed by atoms with Gasteiger partial charge in [-0.3, -0.25) is 4.79 Å². The van der Waals surface area contributed by atoms with E-state index in [1.165, 1.54) is 10.7 Å². The Morgan fingerprint density at radius 2 is 1.75 bits per heavy atom. The van der Waals surface area contributed by atoms with Gasteiger partial charge in [0.15, 0.2) is 0 Å². The van der Waals surface area contributed by atoms with Crippen LogP contribution < -0.4 is 20.9 Å². The number of aromatic nitrogens is 1. The highest BCUT2D eigenvalue weighted by atomic mass is 32.2. The zero-order valence-electron chi connectivity index (χ0n) is 18.5. The number of sulfonamides is 1. The van der Waals surface area contributed by atoms with Gasteiger partial charge in [0.05, 0.1) is 5.75 Å². The Balaban J connectivity index is 1.28. The smallest absolute Gasteiger partial charge is 0.315 e. The number of nitrogens with zero attached hydrogens (tertiary/aromatic N) is 3. The van der Waals surface area contributed by atoms with E-state index in [2.05, 4.69) is 25.8 Å². The predicted octanol–water partition coefficient (Wildman–Crippen LogP) is 0.672. The molecule has 0 radical (unpaired) electrons. The van der Waals surface area contributed by atoms with Crippen LogP contribution in [0.25, 0.3) is 0 Å². The molecule has 2 aliphatic rings. The minimum Gasteiger partial charge on any atom is -0.355 e. The molecule has 1 aliphatic heterocycles. The maximum atomic E-state index is 12.6. The van der Waals surface area contributed by atoms with Crippen LogP contribution in [0.2, 0.25) is 0 Å². The molecule has 0 unspecified atom stereocenters. The highest BCUT2D eigenvalue weighted by molar-refractivity contribution is 7.89. The van der Waals surface area contributed by atoms with Crippen molar-refractivity contribution in [2.45, 2.75) is 44.6 Å². The lowest BCUT2D eigenvalue weighted by Crippen LogP contribution is -2.50. The summed E-state index contributed by atoms with van der Waals surface area (Å²) in [6, 6.07) is 5.63. The first-order chi connectivity index (χ1) is 15.4. The first kappa shape index (κ1) is 24.2. The van der Waals surface area contributed by atoms with Crippen LogP contribution in [0, 0.1) is 0 Å². The molecular formula is C21H34N6O4S. The molecule has 178 valence electrons. The van der Waals surface area contributed by atoms with Crippen molar-refractivity contribution in [1.82, 2.24) is 25.2 Å². The summed E-state index contributed by atoms with van der Waals surface area (Å²) in [4.78, 5) is 30.2. The Labute approximate surface area is 190 Å². The van der Waals surface area contributed by atoms with Gasteiger partial charge in [0.2, 0.25) is 15.9 Å². The van der Waals surface area contributed by atoms with E-state index in [-0.39, 0.29) is 43.2 Å². The summed E-state index contributed by atoms with van der Waals surface area (Å²) in [6.45, 7) is 2.22. The normalized spacial score (nSPS) is 18.2. The fourth-order valence-corrected chi connectivity index (χ4v) is 5.38. The van der Waals surface area contributed by atoms with E-state index in [1.807, 2.05) is 18.2 Å². The molecule has 0 aromatic carbocycles. The van der Waals surface area contributed by atoms with Gasteiger partial charge in [0.1, 0.15) is 5.82 Å². The average Bonchev–Trinajstić information content (AvgIpc) is 2.80. The monoisotopic (exact) mass is 466 g/mol. The second kappa shape index (κ2) is 12.0. The number of carbonyl (C=O) groups is 2. The predicted molar refractivity (Wildman–Crippen MR) is 123 cm³/mol. The van der Waals surface area contributed by atoms with Gasteiger partial charge in [0, 0.05) is 57.9 Å². The van der Waals surface area contributed by atoms with E-state index < -0.39 is 10.0 Å². The summed E-state index contributed by atoms with van der Waals surface area (Å²) in [5.41, 5.74) is 0. The number of amides is 3. The molecule has 0 atom stereocenters. The highest BCUT2D eigenvalue weighted by Gasteiger charge is 2.27. The van der Waals surface area contributed by atoms with Gasteiger partial charge < -0.3 is 20.9 Å². The average molecular weight is 467 g/mol. The largest absolute Gasteiger partial charge is 0.355 e. The van der Waals surface area contributed by atoms with Crippen molar-refractivity contribution in [2.24, 2.45) is 0 Å². The fraction of sp³-hybridized carbons (Fsp3) is 0.667. The third kappa shape index (κ3) is 7.63. The molecule has 2 heterocycles. The fourth-order valence-electron chi connectivity index (χ4n) is 4.05. The molecule has 11 heteroatoms. The van der Waals surface area contributed by atoms with Gasteiger partial charge in [0.25, 0.3) is 0 Å². The molecule has 0 bridgehead atoms. The Hall–Kier alpha value is -2.40. The number of carbonyl (C=O) groups excluding carboxylic acids is 2. The molecule has 1 saturated carbocycles. The summed E-state index contributed by atoms with van der Waals surface area (Å²) >= 11 is 0. The molecule has 3 amide bonds. The summed E-state index contributed by atoms with van der Waals surface area (Å²) in [6.07, 6.45) is 7.32. The molecule has 3 N–H and O–H groups in total. The summed E-state index contributed by atoms with van der Waals surface area (Å²) < 4.78 is 26.6. The third-order valence-corrected chi connectivity index (χ3v) is 7.74. The molecular weight excluding hydrogens is 432 g/mol. The Bertz CT molecular complexity index is 837. The number of nitrogens with one attached hydrogen (secondary N) is 3. The second-order valence-corrected chi connectivity index (χ2v) is 10.3. The lowest BCUT2D eigenvalue weighted by atomic mass is 9.96. The molecule has 1 saturated heterocycles. The van der Waals surface area contributed by atoms with Crippen molar-refractivity contribution in [1.29, 1.82) is 0 Å². The third-order valence-electron chi connectivity index (χ3n) is 5.87. The Morgan fingerprint density at radius 1 is 1.00 bits per heavy atom. The highest BCUT2D eigenvalue weighted by Crippen LogP contribution is 2.17. The van der Waals surface area contributed by atoms with Gasteiger partial charge >= 0.3 is 6.03 Å². The molecule has 3 rings (SSSR count). The van der Waals surface area contributed by atoms with E-state index in [0.29, 0.717) is 26.2 Å². The van der Waals surface area contributed by atoms with Crippen LogP contribution in [0.1, 0.15) is 38.5 Å². The maximum absolute atomic E-state index is 12.6. The molecule has 0 spiro atoms. The van der Waals surface area contributed by atoms with Gasteiger partial charge in [-0.25, -0.2) is 18.2 Å². The number of piperazine rings is 1. The maximum Gasteiger partial charge on any atom is 0.315 e. The standard InChI is InChI=1S/C21H34N6O4S/c28-20(9-11-24-21(29)25-18-6-2-1-3-7-18)23-12-17-32(30,31)27-15-13-26(14-16-27)19-8-4-5-10-22-19/h4-5,8,10,18H,1-3,6-7,9,11-17H2,(H,23,28)(H2,24,25,29). The zero-order chi connectivity index (χ0) is 22.8. The number of urea groups is 1. The molecule has 1 aromatic rings. The Kier molecular flexibility index (Phi) is 9.10. The van der Waals surface area contributed by atoms with E-state index in [1.54, 1.807) is 6.20 Å². The topological polar surface area (TPSA) is 124 Å². The molecule has 32 heavy (non-hydrogen) atoms. The summed E-state index contributed by atoms with van der Waals surface area (Å²) in [5, 5.41) is 8.25. The second-order valence-electron chi connectivity index (χ2n) is 8.23. The first-order valence-corrected chi connectivity index (χ1v) is 13.0. The van der Waals surface area contributed by atoms with Crippen LogP contribution >= 0.6 is 0 Å². The summed E-state index contributed by atoms with van der Waals surface area (Å²) in [5.74, 6) is 0.425. The van der Waals surface area contributed by atoms with Crippen LogP contribution in [0.15, 0.2) is 24.4 Å². The van der Waals surface area contributed by atoms with Crippen molar-refractivity contribution >= 4 is 27.8 Å². The first-order valence-electron chi connectivity index (χ1n) is 11.4. The van der Waals surface area contributed by atoms with Crippen molar-refractivity contribution in [2.75, 3.05) is 49.9 Å². The van der Waals surface area contributed by atoms with Crippen LogP contribution in [0.5, 0.6) is 0 Å². The van der Waals surface area contributed by atoms with E-state index in [9.17, 15) is 18.0 Å². The van der Waals surface area contributed by atoms with Gasteiger partial charge in [-0.2, -0.15) is 4.31 Å². The number of hydrogen-bond donors (Lipinski definition) is 3. The number of hydrogen-bond acceptors (Lipinski definition) is 6. The molecule has 10 nitrogen and oxygen atoms in total. The number of pyridine rings is 1. The minimum atomic E-state index is -3.44. The van der Waals surface area contributed by atoms with Gasteiger partial charge in [-0.1, -0.05) is 25.3 Å². The zero-order valence-corrected chi connectivity index (χ0v) is 19.3. The summed E-state index contributed by atoms with van der Waals surface area (Å²) in [7, 11) is -3.44. The SMILES string of the molecule is O=C(CCNC(=O)NC1CCCCC1)NCCS(=O)(=O)N1CCN(c2ccccn2)CC1. The molecule has 1 aliphatic carbocycles. The minimum absolute atomic E-state index is 0.0515. The van der Waals surface area contributed by atoms with Crippen molar-refractivity contribution in [3.63, 3.8) is 0 Å². The van der Waals surface area contributed by atoms with Crippen LogP contribution in [-0.2, 0) is 14.8 Å². The van der Waals surface area contributed by atoms with Crippen LogP contribution in [-0.4, -0.2) is 80.7 Å². The molecule has 2 fully saturated rings. The van der Waals surface area contributed by atoms with Crippen molar-refractivity contribution < 1.29 is 18.0 Å². The lowest BCUT2D eigenvalue weighted by molar-refractivity contribution is -0.120.